The fraction of sp³-hybridized carbons (Fsp3) is 0.190. The van der Waals surface area contributed by atoms with E-state index in [9.17, 15) is 14.9 Å². The molecule has 0 amide bonds. The molecular formula is C21H18ClN3O4. The lowest BCUT2D eigenvalue weighted by Crippen LogP contribution is -2.28. The minimum absolute atomic E-state index is 0.0882. The van der Waals surface area contributed by atoms with Crippen molar-refractivity contribution >= 4 is 34.7 Å². The average Bonchev–Trinajstić information content (AvgIpc) is 2.97. The predicted molar refractivity (Wildman–Crippen MR) is 109 cm³/mol. The maximum absolute atomic E-state index is 12.6. The Bertz CT molecular complexity index is 998. The van der Waals surface area contributed by atoms with E-state index in [2.05, 4.69) is 0 Å². The lowest BCUT2D eigenvalue weighted by atomic mass is 10.2. The molecule has 29 heavy (non-hydrogen) atoms. The van der Waals surface area contributed by atoms with Crippen molar-refractivity contribution in [2.24, 2.45) is 0 Å². The van der Waals surface area contributed by atoms with Crippen LogP contribution in [0.2, 0.25) is 5.02 Å². The molecule has 0 spiro atoms. The van der Waals surface area contributed by atoms with Gasteiger partial charge in [0.05, 0.1) is 11.4 Å². The number of fused-ring (bicyclic) bond motifs is 1. The minimum Gasteiger partial charge on any atom is -0.482 e. The number of benzene rings is 2. The number of halogens is 1. The van der Waals surface area contributed by atoms with E-state index in [0.717, 1.165) is 11.4 Å². The van der Waals surface area contributed by atoms with Gasteiger partial charge in [0, 0.05) is 19.1 Å². The van der Waals surface area contributed by atoms with Gasteiger partial charge in [0.2, 0.25) is 5.78 Å². The number of hydrogen-bond donors (Lipinski definition) is 0. The van der Waals surface area contributed by atoms with Crippen LogP contribution in [0.5, 0.6) is 5.75 Å². The van der Waals surface area contributed by atoms with Crippen molar-refractivity contribution in [2.75, 3.05) is 37.1 Å². The third kappa shape index (κ3) is 4.33. The maximum Gasteiger partial charge on any atom is 0.344 e. The number of anilines is 2. The summed E-state index contributed by atoms with van der Waals surface area (Å²) < 4.78 is 10.3. The second-order valence-electron chi connectivity index (χ2n) is 6.25. The summed E-state index contributed by atoms with van der Waals surface area (Å²) in [5.74, 6) is -0.473. The third-order valence-corrected chi connectivity index (χ3v) is 4.61. The summed E-state index contributed by atoms with van der Waals surface area (Å²) in [6.07, 6.45) is 0. The summed E-state index contributed by atoms with van der Waals surface area (Å²) >= 11 is 5.85. The molecule has 2 aromatic rings. The second-order valence-corrected chi connectivity index (χ2v) is 6.68. The highest BCUT2D eigenvalue weighted by atomic mass is 35.5. The first-order valence-electron chi connectivity index (χ1n) is 8.70. The number of rotatable bonds is 6. The molecule has 0 saturated carbocycles. The zero-order valence-electron chi connectivity index (χ0n) is 15.9. The Morgan fingerprint density at radius 2 is 1.69 bits per heavy atom. The van der Waals surface area contributed by atoms with Crippen LogP contribution in [-0.4, -0.2) is 39.1 Å². The highest BCUT2D eigenvalue weighted by Crippen LogP contribution is 2.40. The number of ether oxygens (including phenoxy) is 2. The van der Waals surface area contributed by atoms with Gasteiger partial charge in [-0.25, -0.2) is 4.79 Å². The molecule has 0 aliphatic carbocycles. The van der Waals surface area contributed by atoms with E-state index in [1.165, 1.54) is 0 Å². The molecule has 0 radical (unpaired) electrons. The highest BCUT2D eigenvalue weighted by Gasteiger charge is 2.31. The molecule has 8 heteroatoms. The van der Waals surface area contributed by atoms with E-state index in [4.69, 9.17) is 21.1 Å². The highest BCUT2D eigenvalue weighted by molar-refractivity contribution is 6.30. The summed E-state index contributed by atoms with van der Waals surface area (Å²) in [5.41, 5.74) is 1.66. The van der Waals surface area contributed by atoms with Gasteiger partial charge in [-0.05, 0) is 30.3 Å². The van der Waals surface area contributed by atoms with Crippen LogP contribution in [-0.2, 0) is 14.3 Å². The minimum atomic E-state index is -0.725. The van der Waals surface area contributed by atoms with Crippen molar-refractivity contribution in [3.8, 4) is 11.8 Å². The molecule has 1 aliphatic heterocycles. The normalized spacial score (nSPS) is 12.3. The zero-order chi connectivity index (χ0) is 21.0. The lowest BCUT2D eigenvalue weighted by molar-refractivity contribution is -0.149. The fourth-order valence-corrected chi connectivity index (χ4v) is 3.20. The van der Waals surface area contributed by atoms with Crippen LogP contribution in [0.4, 0.5) is 11.4 Å². The van der Waals surface area contributed by atoms with E-state index >= 15 is 0 Å². The Hall–Kier alpha value is -3.50. The number of para-hydroxylation sites is 2. The Balaban J connectivity index is 1.64. The molecular weight excluding hydrogens is 394 g/mol. The molecule has 0 unspecified atom stereocenters. The van der Waals surface area contributed by atoms with Crippen LogP contribution in [0.1, 0.15) is 0 Å². The first kappa shape index (κ1) is 20.2. The molecule has 1 aliphatic rings. The molecule has 0 saturated heterocycles. The fourth-order valence-electron chi connectivity index (χ4n) is 3.02. The van der Waals surface area contributed by atoms with Gasteiger partial charge in [0.25, 0.3) is 0 Å². The molecule has 0 atom stereocenters. The van der Waals surface area contributed by atoms with E-state index in [-0.39, 0.29) is 12.2 Å². The van der Waals surface area contributed by atoms with Gasteiger partial charge in [-0.1, -0.05) is 29.8 Å². The van der Waals surface area contributed by atoms with Crippen LogP contribution in [0.15, 0.2) is 59.9 Å². The number of esters is 1. The first-order valence-corrected chi connectivity index (χ1v) is 9.08. The monoisotopic (exact) mass is 411 g/mol. The van der Waals surface area contributed by atoms with E-state index in [1.807, 2.05) is 30.3 Å². The van der Waals surface area contributed by atoms with Crippen molar-refractivity contribution in [3.63, 3.8) is 0 Å². The third-order valence-electron chi connectivity index (χ3n) is 4.37. The van der Waals surface area contributed by atoms with Crippen molar-refractivity contribution in [3.05, 3.63) is 64.9 Å². The molecule has 148 valence electrons. The molecule has 0 N–H and O–H groups in total. The quantitative estimate of drug-likeness (QED) is 0.410. The van der Waals surface area contributed by atoms with Gasteiger partial charge in [-0.15, -0.1) is 0 Å². The summed E-state index contributed by atoms with van der Waals surface area (Å²) in [5, 5.41) is 10.0. The predicted octanol–water partition coefficient (Wildman–Crippen LogP) is 3.15. The number of nitriles is 1. The lowest BCUT2D eigenvalue weighted by Gasteiger charge is -2.19. The molecule has 0 aromatic heterocycles. The Morgan fingerprint density at radius 3 is 2.28 bits per heavy atom. The Kier molecular flexibility index (Phi) is 6.05. The number of carbonyl (C=O) groups excluding carboxylic acids is 2. The molecule has 0 bridgehead atoms. The van der Waals surface area contributed by atoms with Crippen molar-refractivity contribution in [2.45, 2.75) is 0 Å². The van der Waals surface area contributed by atoms with E-state index in [1.54, 1.807) is 48.2 Å². The van der Waals surface area contributed by atoms with Crippen LogP contribution in [0, 0.1) is 11.3 Å². The smallest absolute Gasteiger partial charge is 0.344 e. The largest absolute Gasteiger partial charge is 0.482 e. The van der Waals surface area contributed by atoms with Crippen molar-refractivity contribution < 1.29 is 19.1 Å². The maximum atomic E-state index is 12.6. The first-order chi connectivity index (χ1) is 13.9. The van der Waals surface area contributed by atoms with Gasteiger partial charge in [0.1, 0.15) is 23.2 Å². The number of hydrogen-bond acceptors (Lipinski definition) is 7. The summed E-state index contributed by atoms with van der Waals surface area (Å²) in [6, 6.07) is 16.0. The van der Waals surface area contributed by atoms with Crippen LogP contribution >= 0.6 is 11.6 Å². The van der Waals surface area contributed by atoms with Crippen LogP contribution < -0.4 is 14.5 Å². The Morgan fingerprint density at radius 1 is 1.03 bits per heavy atom. The van der Waals surface area contributed by atoms with Crippen LogP contribution in [0.3, 0.4) is 0 Å². The number of nitrogens with zero attached hydrogens (tertiary/aromatic N) is 3. The second kappa shape index (κ2) is 8.67. The Labute approximate surface area is 173 Å². The number of ketones is 1. The average molecular weight is 412 g/mol. The molecule has 3 rings (SSSR count). The summed E-state index contributed by atoms with van der Waals surface area (Å²) in [4.78, 5) is 28.0. The van der Waals surface area contributed by atoms with Gasteiger partial charge in [-0.3, -0.25) is 4.79 Å². The molecule has 1 heterocycles. The standard InChI is InChI=1S/C21H18ClN3O4/c1-24-17-8-3-4-9-18(17)25(2)21(24)16(11-23)19(26)12-29-20(27)13-28-15-7-5-6-14(22)10-15/h3-10H,12-13H2,1-2H3. The zero-order valence-corrected chi connectivity index (χ0v) is 16.6. The number of Topliss-reactive ketones (excluding diaryl/α,β-unsaturated/α-hetero) is 1. The molecule has 0 fully saturated rings. The van der Waals surface area contributed by atoms with E-state index in [0.29, 0.717) is 16.6 Å². The van der Waals surface area contributed by atoms with Gasteiger partial charge in [-0.2, -0.15) is 5.26 Å². The van der Waals surface area contributed by atoms with E-state index < -0.39 is 18.4 Å². The molecule has 7 nitrogen and oxygen atoms in total. The van der Waals surface area contributed by atoms with Gasteiger partial charge in [0.15, 0.2) is 13.2 Å². The van der Waals surface area contributed by atoms with Crippen molar-refractivity contribution in [1.82, 2.24) is 0 Å². The SMILES string of the molecule is CN1C(=C(C#N)C(=O)COC(=O)COc2cccc(Cl)c2)N(C)c2ccccc21. The number of carbonyl (C=O) groups is 2. The van der Waals surface area contributed by atoms with Gasteiger partial charge < -0.3 is 19.3 Å². The molecule has 2 aromatic carbocycles. The summed E-state index contributed by atoms with van der Waals surface area (Å²) in [7, 11) is 3.54. The topological polar surface area (TPSA) is 82.9 Å². The summed E-state index contributed by atoms with van der Waals surface area (Å²) in [6.45, 7) is -0.931. The van der Waals surface area contributed by atoms with Crippen LogP contribution in [0.25, 0.3) is 0 Å². The van der Waals surface area contributed by atoms with Gasteiger partial charge >= 0.3 is 5.97 Å². The van der Waals surface area contributed by atoms with Crippen molar-refractivity contribution in [1.29, 1.82) is 5.26 Å².